The van der Waals surface area contributed by atoms with Crippen LogP contribution in [0, 0.1) is 28.9 Å². The van der Waals surface area contributed by atoms with Gasteiger partial charge in [0, 0.05) is 22.8 Å². The first-order valence-electron chi connectivity index (χ1n) is 8.64. The highest BCUT2D eigenvalue weighted by Crippen LogP contribution is 2.33. The van der Waals surface area contributed by atoms with Crippen LogP contribution in [0.5, 0.6) is 0 Å². The molecule has 27 heavy (non-hydrogen) atoms. The Morgan fingerprint density at radius 3 is 2.33 bits per heavy atom. The molecular weight excluding hydrogens is 344 g/mol. The van der Waals surface area contributed by atoms with Crippen molar-refractivity contribution in [3.63, 3.8) is 0 Å². The van der Waals surface area contributed by atoms with Gasteiger partial charge < -0.3 is 5.73 Å². The summed E-state index contributed by atoms with van der Waals surface area (Å²) in [4.78, 5) is 4.30. The molecule has 0 saturated heterocycles. The summed E-state index contributed by atoms with van der Waals surface area (Å²) in [6.45, 7) is 4.31. The fourth-order valence-electron chi connectivity index (χ4n) is 3.03. The molecule has 1 heterocycles. The average Bonchev–Trinajstić information content (AvgIpc) is 2.61. The number of anilines is 1. The van der Waals surface area contributed by atoms with Crippen molar-refractivity contribution in [2.45, 2.75) is 20.3 Å². The van der Waals surface area contributed by atoms with E-state index >= 15 is 0 Å². The van der Waals surface area contributed by atoms with Crippen molar-refractivity contribution >= 4 is 5.82 Å². The minimum Gasteiger partial charge on any atom is -0.383 e. The van der Waals surface area contributed by atoms with E-state index in [0.29, 0.717) is 17.2 Å². The monoisotopic (exact) mass is 363 g/mol. The van der Waals surface area contributed by atoms with Crippen molar-refractivity contribution in [2.75, 3.05) is 5.73 Å². The summed E-state index contributed by atoms with van der Waals surface area (Å²) in [6.07, 6.45) is 0.968. The second-order valence-corrected chi connectivity index (χ2v) is 6.85. The zero-order valence-corrected chi connectivity index (χ0v) is 15.1. The van der Waals surface area contributed by atoms with Crippen molar-refractivity contribution in [2.24, 2.45) is 5.92 Å². The molecule has 3 nitrogen and oxygen atoms in total. The number of halogens is 2. The Balaban J connectivity index is 2.11. The zero-order chi connectivity index (χ0) is 19.6. The second kappa shape index (κ2) is 7.55. The summed E-state index contributed by atoms with van der Waals surface area (Å²) in [6, 6.07) is 14.7. The van der Waals surface area contributed by atoms with E-state index in [2.05, 4.69) is 18.8 Å². The number of nitrogens with zero attached hydrogens (tertiary/aromatic N) is 2. The summed E-state index contributed by atoms with van der Waals surface area (Å²) < 4.78 is 27.5. The lowest BCUT2D eigenvalue weighted by Crippen LogP contribution is -2.01. The summed E-state index contributed by atoms with van der Waals surface area (Å²) in [5, 5.41) is 9.42. The summed E-state index contributed by atoms with van der Waals surface area (Å²) in [5.41, 5.74) is 8.97. The van der Waals surface area contributed by atoms with Crippen LogP contribution >= 0.6 is 0 Å². The molecule has 0 saturated carbocycles. The van der Waals surface area contributed by atoms with Gasteiger partial charge in [-0.15, -0.1) is 0 Å². The lowest BCUT2D eigenvalue weighted by molar-refractivity contribution is 0.585. The number of hydrogen-bond donors (Lipinski definition) is 1. The third-order valence-electron chi connectivity index (χ3n) is 4.27. The number of nitrogen functional groups attached to an aromatic ring is 1. The Bertz CT molecular complexity index is 1020. The van der Waals surface area contributed by atoms with Gasteiger partial charge in [0.05, 0.1) is 5.69 Å². The smallest absolute Gasteiger partial charge is 0.142 e. The predicted molar refractivity (Wildman–Crippen MR) is 103 cm³/mol. The van der Waals surface area contributed by atoms with E-state index in [1.54, 1.807) is 6.07 Å². The molecular formula is C22H19F2N3. The maximum absolute atomic E-state index is 14.3. The van der Waals surface area contributed by atoms with Crippen LogP contribution < -0.4 is 5.73 Å². The van der Waals surface area contributed by atoms with E-state index in [1.807, 2.05) is 30.3 Å². The van der Waals surface area contributed by atoms with Gasteiger partial charge >= 0.3 is 0 Å². The minimum absolute atomic E-state index is 0.0139. The molecule has 136 valence electrons. The molecule has 2 aromatic carbocycles. The van der Waals surface area contributed by atoms with Crippen molar-refractivity contribution in [1.82, 2.24) is 4.98 Å². The van der Waals surface area contributed by atoms with E-state index in [-0.39, 0.29) is 16.9 Å². The van der Waals surface area contributed by atoms with Gasteiger partial charge in [-0.2, -0.15) is 5.26 Å². The molecule has 0 fully saturated rings. The maximum atomic E-state index is 14.3. The molecule has 5 heteroatoms. The van der Waals surface area contributed by atoms with Crippen LogP contribution in [-0.4, -0.2) is 4.98 Å². The number of aromatic nitrogens is 1. The molecule has 0 spiro atoms. The first-order chi connectivity index (χ1) is 12.9. The molecule has 0 aliphatic rings. The Kier molecular flexibility index (Phi) is 5.18. The molecule has 0 radical (unpaired) electrons. The van der Waals surface area contributed by atoms with Crippen LogP contribution in [0.3, 0.4) is 0 Å². The molecule has 0 bridgehead atoms. The minimum atomic E-state index is -0.754. The zero-order valence-electron chi connectivity index (χ0n) is 15.1. The molecule has 1 aromatic heterocycles. The van der Waals surface area contributed by atoms with E-state index < -0.39 is 11.6 Å². The molecule has 2 N–H and O–H groups in total. The third kappa shape index (κ3) is 3.95. The van der Waals surface area contributed by atoms with Gasteiger partial charge in [-0.05, 0) is 36.1 Å². The van der Waals surface area contributed by atoms with E-state index in [9.17, 15) is 14.0 Å². The Labute approximate surface area is 157 Å². The molecule has 0 unspecified atom stereocenters. The second-order valence-electron chi connectivity index (χ2n) is 6.85. The summed E-state index contributed by atoms with van der Waals surface area (Å²) >= 11 is 0. The molecule has 0 amide bonds. The first-order valence-corrected chi connectivity index (χ1v) is 8.64. The number of hydrogen-bond acceptors (Lipinski definition) is 3. The lowest BCUT2D eigenvalue weighted by atomic mass is 9.97. The molecule has 3 rings (SSSR count). The normalized spacial score (nSPS) is 10.8. The number of benzene rings is 2. The Morgan fingerprint density at radius 2 is 1.74 bits per heavy atom. The molecule has 0 atom stereocenters. The van der Waals surface area contributed by atoms with Crippen molar-refractivity contribution in [3.8, 4) is 28.5 Å². The van der Waals surface area contributed by atoms with Crippen LogP contribution in [0.2, 0.25) is 0 Å². The predicted octanol–water partition coefficient (Wildman–Crippen LogP) is 5.35. The Morgan fingerprint density at radius 1 is 1.04 bits per heavy atom. The standard InChI is InChI=1S/C22H19F2N3/c1-13(2)9-14-3-5-15(6-4-14)21-11-18(19(12-25)22(26)27-21)17-8-7-16(23)10-20(17)24/h3-8,10-11,13H,9H2,1-2H3,(H2,26,27). The van der Waals surface area contributed by atoms with Crippen LogP contribution in [0.25, 0.3) is 22.4 Å². The third-order valence-corrected chi connectivity index (χ3v) is 4.27. The van der Waals surface area contributed by atoms with Gasteiger partial charge in [-0.3, -0.25) is 0 Å². The average molecular weight is 363 g/mol. The van der Waals surface area contributed by atoms with Crippen LogP contribution in [0.1, 0.15) is 25.0 Å². The maximum Gasteiger partial charge on any atom is 0.142 e. The topological polar surface area (TPSA) is 62.7 Å². The number of nitrogens with two attached hydrogens (primary N) is 1. The van der Waals surface area contributed by atoms with E-state index in [1.165, 1.54) is 11.6 Å². The number of pyridine rings is 1. The molecule has 3 aromatic rings. The highest BCUT2D eigenvalue weighted by Gasteiger charge is 2.16. The van der Waals surface area contributed by atoms with Gasteiger partial charge in [0.2, 0.25) is 0 Å². The lowest BCUT2D eigenvalue weighted by Gasteiger charge is -2.12. The number of nitriles is 1. The van der Waals surface area contributed by atoms with Crippen LogP contribution in [-0.2, 0) is 6.42 Å². The van der Waals surface area contributed by atoms with Gasteiger partial charge in [0.25, 0.3) is 0 Å². The van der Waals surface area contributed by atoms with Crippen molar-refractivity contribution in [1.29, 1.82) is 5.26 Å². The largest absolute Gasteiger partial charge is 0.383 e. The van der Waals surface area contributed by atoms with E-state index in [0.717, 1.165) is 24.1 Å². The van der Waals surface area contributed by atoms with Gasteiger partial charge in [-0.1, -0.05) is 38.1 Å². The molecule has 0 aliphatic heterocycles. The SMILES string of the molecule is CC(C)Cc1ccc(-c2cc(-c3ccc(F)cc3F)c(C#N)c(N)n2)cc1. The van der Waals surface area contributed by atoms with Gasteiger partial charge in [0.15, 0.2) is 0 Å². The van der Waals surface area contributed by atoms with Gasteiger partial charge in [0.1, 0.15) is 29.1 Å². The first kappa shape index (κ1) is 18.5. The Hall–Kier alpha value is -3.26. The highest BCUT2D eigenvalue weighted by molar-refractivity contribution is 5.80. The van der Waals surface area contributed by atoms with Crippen LogP contribution in [0.15, 0.2) is 48.5 Å². The fraction of sp³-hybridized carbons (Fsp3) is 0.182. The van der Waals surface area contributed by atoms with E-state index in [4.69, 9.17) is 5.73 Å². The van der Waals surface area contributed by atoms with Crippen LogP contribution in [0.4, 0.5) is 14.6 Å². The fourth-order valence-corrected chi connectivity index (χ4v) is 3.03. The van der Waals surface area contributed by atoms with Gasteiger partial charge in [-0.25, -0.2) is 13.8 Å². The highest BCUT2D eigenvalue weighted by atomic mass is 19.1. The molecule has 0 aliphatic carbocycles. The summed E-state index contributed by atoms with van der Waals surface area (Å²) in [5.74, 6) is -0.874. The van der Waals surface area contributed by atoms with Crippen molar-refractivity contribution in [3.05, 3.63) is 71.3 Å². The summed E-state index contributed by atoms with van der Waals surface area (Å²) in [7, 11) is 0. The van der Waals surface area contributed by atoms with Crippen molar-refractivity contribution < 1.29 is 8.78 Å². The quantitative estimate of drug-likeness (QED) is 0.680. The number of rotatable bonds is 4.